The van der Waals surface area contributed by atoms with Gasteiger partial charge in [-0.1, -0.05) is 12.5 Å². The molecule has 4 nitrogen and oxygen atoms in total. The second-order valence-corrected chi connectivity index (χ2v) is 10.6. The van der Waals surface area contributed by atoms with Gasteiger partial charge in [0.05, 0.1) is 6.61 Å². The smallest absolute Gasteiger partial charge is 0.213 e. The molecule has 1 aliphatic carbocycles. The fourth-order valence-electron chi connectivity index (χ4n) is 5.02. The molecule has 27 heavy (non-hydrogen) atoms. The maximum atomic E-state index is 11.6. The molecule has 0 unspecified atom stereocenters. The normalized spacial score (nSPS) is 31.1. The van der Waals surface area contributed by atoms with Gasteiger partial charge in [0.1, 0.15) is 5.75 Å². The summed E-state index contributed by atoms with van der Waals surface area (Å²) in [6, 6.07) is 7.48. The van der Waals surface area contributed by atoms with Crippen molar-refractivity contribution < 1.29 is 13.7 Å². The van der Waals surface area contributed by atoms with Crippen molar-refractivity contribution in [2.75, 3.05) is 24.6 Å². The van der Waals surface area contributed by atoms with Crippen LogP contribution in [0, 0.1) is 5.92 Å². The number of rotatable bonds is 3. The monoisotopic (exact) mass is 389 g/mol. The van der Waals surface area contributed by atoms with Gasteiger partial charge in [-0.2, -0.15) is 0 Å². The number of nitrogens with zero attached hydrogens (tertiary/aromatic N) is 1. The van der Waals surface area contributed by atoms with E-state index in [1.54, 1.807) is 0 Å². The van der Waals surface area contributed by atoms with E-state index in [1.807, 2.05) is 0 Å². The largest absolute Gasteiger partial charge is 0.462 e. The predicted octanol–water partition coefficient (Wildman–Crippen LogP) is 3.64. The molecule has 3 aliphatic heterocycles. The Hall–Kier alpha value is -0.910. The minimum Gasteiger partial charge on any atom is -0.462 e. The summed E-state index contributed by atoms with van der Waals surface area (Å²) in [5, 5.41) is 0. The zero-order chi connectivity index (χ0) is 18.3. The molecule has 0 atom stereocenters. The summed E-state index contributed by atoms with van der Waals surface area (Å²) in [4.78, 5) is 2.64. The van der Waals surface area contributed by atoms with Gasteiger partial charge in [0.2, 0.25) is 5.79 Å². The van der Waals surface area contributed by atoms with Gasteiger partial charge in [0.15, 0.2) is 0 Å². The molecule has 0 aromatic heterocycles. The molecule has 1 saturated carbocycles. The molecule has 1 aromatic carbocycles. The number of fused-ring (bicyclic) bond motifs is 1. The molecule has 1 aromatic rings. The second-order valence-electron chi connectivity index (χ2n) is 8.86. The van der Waals surface area contributed by atoms with Crippen molar-refractivity contribution in [2.24, 2.45) is 5.92 Å². The van der Waals surface area contributed by atoms with E-state index in [9.17, 15) is 4.21 Å². The van der Waals surface area contributed by atoms with Crippen molar-refractivity contribution in [3.05, 3.63) is 29.3 Å². The Morgan fingerprint density at radius 2 is 1.89 bits per heavy atom. The van der Waals surface area contributed by atoms with Crippen LogP contribution in [0.1, 0.15) is 56.1 Å². The number of piperidine rings is 1. The lowest BCUT2D eigenvalue weighted by atomic mass is 9.89. The summed E-state index contributed by atoms with van der Waals surface area (Å²) in [7, 11) is -0.574. The summed E-state index contributed by atoms with van der Waals surface area (Å²) < 4.78 is 24.2. The summed E-state index contributed by atoms with van der Waals surface area (Å²) in [6.45, 7) is 2.86. The minimum absolute atomic E-state index is 0.401. The van der Waals surface area contributed by atoms with Crippen LogP contribution in [0.15, 0.2) is 18.2 Å². The van der Waals surface area contributed by atoms with Crippen molar-refractivity contribution in [1.29, 1.82) is 0 Å². The topological polar surface area (TPSA) is 38.8 Å². The Morgan fingerprint density at radius 3 is 2.59 bits per heavy atom. The van der Waals surface area contributed by atoms with E-state index in [2.05, 4.69) is 23.1 Å². The lowest BCUT2D eigenvalue weighted by molar-refractivity contribution is -0.231. The van der Waals surface area contributed by atoms with Gasteiger partial charge < -0.3 is 9.47 Å². The highest BCUT2D eigenvalue weighted by Crippen LogP contribution is 2.39. The van der Waals surface area contributed by atoms with Crippen LogP contribution >= 0.6 is 0 Å². The van der Waals surface area contributed by atoms with Crippen LogP contribution in [0.3, 0.4) is 0 Å². The first-order valence-corrected chi connectivity index (χ1v) is 12.2. The molecule has 3 heterocycles. The van der Waals surface area contributed by atoms with E-state index in [0.29, 0.717) is 12.5 Å². The highest BCUT2D eigenvalue weighted by atomic mass is 32.2. The van der Waals surface area contributed by atoms with E-state index in [1.165, 1.54) is 30.4 Å². The molecule has 0 bridgehead atoms. The van der Waals surface area contributed by atoms with E-state index in [0.717, 1.165) is 68.5 Å². The SMILES string of the molecule is O=S1CCC(Cc2ccc3c(c2)COC2(CCN(C4CCC4)CC2)O3)CC1. The average Bonchev–Trinajstić information content (AvgIpc) is 2.64. The van der Waals surface area contributed by atoms with E-state index >= 15 is 0 Å². The maximum absolute atomic E-state index is 11.6. The van der Waals surface area contributed by atoms with Crippen LogP contribution in [-0.2, 0) is 28.6 Å². The third-order valence-electron chi connectivity index (χ3n) is 7.09. The van der Waals surface area contributed by atoms with Gasteiger partial charge in [0.25, 0.3) is 0 Å². The van der Waals surface area contributed by atoms with Crippen molar-refractivity contribution in [2.45, 2.75) is 69.8 Å². The number of benzene rings is 1. The Labute approximate surface area is 165 Å². The average molecular weight is 390 g/mol. The van der Waals surface area contributed by atoms with Crippen molar-refractivity contribution in [3.8, 4) is 5.75 Å². The molecule has 2 saturated heterocycles. The van der Waals surface area contributed by atoms with Gasteiger partial charge in [0, 0.05) is 59.8 Å². The van der Waals surface area contributed by atoms with E-state index < -0.39 is 16.6 Å². The Bertz CT molecular complexity index is 700. The van der Waals surface area contributed by atoms with Crippen molar-refractivity contribution in [3.63, 3.8) is 0 Å². The summed E-state index contributed by atoms with van der Waals surface area (Å²) in [5.74, 6) is 3.05. The standard InChI is InChI=1S/C22H31NO3S/c24-27-12-6-17(7-13-27)14-18-4-5-21-19(15-18)16-25-22(26-21)8-10-23(11-9-22)20-2-1-3-20/h4-5,15,17,20H,1-3,6-14,16H2. The summed E-state index contributed by atoms with van der Waals surface area (Å²) in [6.07, 6.45) is 9.37. The van der Waals surface area contributed by atoms with E-state index in [-0.39, 0.29) is 0 Å². The molecular formula is C22H31NO3S. The quantitative estimate of drug-likeness (QED) is 0.791. The Morgan fingerprint density at radius 1 is 1.11 bits per heavy atom. The number of likely N-dealkylation sites (tertiary alicyclic amines) is 1. The third-order valence-corrected chi connectivity index (χ3v) is 8.48. The van der Waals surface area contributed by atoms with Gasteiger partial charge in [-0.25, -0.2) is 0 Å². The van der Waals surface area contributed by atoms with Gasteiger partial charge in [-0.15, -0.1) is 0 Å². The minimum atomic E-state index is -0.574. The fourth-order valence-corrected chi connectivity index (χ4v) is 6.42. The number of hydrogen-bond acceptors (Lipinski definition) is 4. The lowest BCUT2D eigenvalue weighted by Gasteiger charge is -2.47. The van der Waals surface area contributed by atoms with Crippen molar-refractivity contribution >= 4 is 10.8 Å². The number of ether oxygens (including phenoxy) is 2. The van der Waals surface area contributed by atoms with Crippen LogP contribution in [-0.4, -0.2) is 45.5 Å². The number of hydrogen-bond donors (Lipinski definition) is 0. The first-order valence-electron chi connectivity index (χ1n) is 10.7. The molecular weight excluding hydrogens is 358 g/mol. The van der Waals surface area contributed by atoms with E-state index in [4.69, 9.17) is 9.47 Å². The molecule has 0 radical (unpaired) electrons. The molecule has 0 amide bonds. The molecule has 3 fully saturated rings. The van der Waals surface area contributed by atoms with Crippen LogP contribution in [0.4, 0.5) is 0 Å². The molecule has 4 aliphatic rings. The first kappa shape index (κ1) is 18.1. The fraction of sp³-hybridized carbons (Fsp3) is 0.727. The summed E-state index contributed by atoms with van der Waals surface area (Å²) in [5.41, 5.74) is 2.56. The van der Waals surface area contributed by atoms with Crippen LogP contribution in [0.25, 0.3) is 0 Å². The Balaban J connectivity index is 1.21. The third kappa shape index (κ3) is 3.83. The Kier molecular flexibility index (Phi) is 5.03. The zero-order valence-electron chi connectivity index (χ0n) is 16.2. The molecule has 1 spiro atoms. The molecule has 5 rings (SSSR count). The summed E-state index contributed by atoms with van der Waals surface area (Å²) >= 11 is 0. The van der Waals surface area contributed by atoms with Crippen LogP contribution in [0.2, 0.25) is 0 Å². The molecule has 148 valence electrons. The van der Waals surface area contributed by atoms with Crippen molar-refractivity contribution in [1.82, 2.24) is 4.90 Å². The van der Waals surface area contributed by atoms with Gasteiger partial charge >= 0.3 is 0 Å². The molecule has 5 heteroatoms. The highest BCUT2D eigenvalue weighted by Gasteiger charge is 2.42. The van der Waals surface area contributed by atoms with Gasteiger partial charge in [-0.3, -0.25) is 9.11 Å². The first-order chi connectivity index (χ1) is 13.2. The zero-order valence-corrected chi connectivity index (χ0v) is 17.0. The van der Waals surface area contributed by atoms with Gasteiger partial charge in [-0.05, 0) is 55.7 Å². The highest BCUT2D eigenvalue weighted by molar-refractivity contribution is 7.85. The molecule has 0 N–H and O–H groups in total. The second kappa shape index (κ2) is 7.49. The van der Waals surface area contributed by atoms with Crippen LogP contribution < -0.4 is 4.74 Å². The lowest BCUT2D eigenvalue weighted by Crippen LogP contribution is -2.54. The maximum Gasteiger partial charge on any atom is 0.213 e. The predicted molar refractivity (Wildman–Crippen MR) is 107 cm³/mol. The van der Waals surface area contributed by atoms with Crippen LogP contribution in [0.5, 0.6) is 5.75 Å².